The molecule has 0 radical (unpaired) electrons. The van der Waals surface area contributed by atoms with Gasteiger partial charge in [0.2, 0.25) is 0 Å². The zero-order valence-electron chi connectivity index (χ0n) is 43.3. The number of para-hydroxylation sites is 2. The van der Waals surface area contributed by atoms with Crippen LogP contribution in [0.3, 0.4) is 0 Å². The van der Waals surface area contributed by atoms with Crippen LogP contribution in [0, 0.1) is 13.8 Å². The SMILES string of the molecule is Cc1ccc(-c2cc3c(c4c2oc2ccccc24)-c2ccc(N(c4ccc(C(C)(C)C)cc4)c4ccc5c(c4)C(C)(C)c4cc6c(cc4-5)C(C)(C)c4ccc5oc7ccccc7c5c4-6)cc2C3(C)C)c(C)c1. The van der Waals surface area contributed by atoms with Crippen molar-refractivity contribution in [2.24, 2.45) is 0 Å². The molecule has 11 aromatic rings. The van der Waals surface area contributed by atoms with Crippen molar-refractivity contribution in [2.75, 3.05) is 4.90 Å². The summed E-state index contributed by atoms with van der Waals surface area (Å²) in [5.41, 5.74) is 28.7. The van der Waals surface area contributed by atoms with Gasteiger partial charge in [-0.3, -0.25) is 0 Å². The summed E-state index contributed by atoms with van der Waals surface area (Å²) in [6, 6.07) is 59.6. The topological polar surface area (TPSA) is 29.5 Å². The Balaban J connectivity index is 0.939. The van der Waals surface area contributed by atoms with Gasteiger partial charge in [-0.15, -0.1) is 0 Å². The van der Waals surface area contributed by atoms with Crippen LogP contribution in [0.4, 0.5) is 17.1 Å². The summed E-state index contributed by atoms with van der Waals surface area (Å²) in [5, 5.41) is 4.77. The molecule has 0 saturated heterocycles. The fraction of sp³-hybridized carbons (Fsp3) is 0.217. The number of hydrogen-bond acceptors (Lipinski definition) is 3. The highest BCUT2D eigenvalue weighted by Gasteiger charge is 2.44. The van der Waals surface area contributed by atoms with E-state index in [-0.39, 0.29) is 21.7 Å². The third-order valence-electron chi connectivity index (χ3n) is 17.4. The normalized spacial score (nSPS) is 15.5. The summed E-state index contributed by atoms with van der Waals surface area (Å²) in [4.78, 5) is 2.50. The molecule has 0 fully saturated rings. The molecule has 2 aromatic heterocycles. The summed E-state index contributed by atoms with van der Waals surface area (Å²) in [7, 11) is 0. The maximum absolute atomic E-state index is 6.88. The number of nitrogens with zero attached hydrogens (tertiary/aromatic N) is 1. The van der Waals surface area contributed by atoms with E-state index < -0.39 is 0 Å². The van der Waals surface area contributed by atoms with E-state index in [1.165, 1.54) is 105 Å². The Bertz CT molecular complexity index is 4180. The third-order valence-corrected chi connectivity index (χ3v) is 17.4. The number of furan rings is 2. The summed E-state index contributed by atoms with van der Waals surface area (Å²) < 4.78 is 13.4. The minimum Gasteiger partial charge on any atom is -0.456 e. The average molecular weight is 934 g/mol. The first-order chi connectivity index (χ1) is 34.4. The largest absolute Gasteiger partial charge is 0.456 e. The van der Waals surface area contributed by atoms with Gasteiger partial charge in [0.15, 0.2) is 0 Å². The Kier molecular flexibility index (Phi) is 8.57. The van der Waals surface area contributed by atoms with Crippen LogP contribution in [0.1, 0.15) is 112 Å². The molecule has 72 heavy (non-hydrogen) atoms. The molecule has 0 N–H and O–H groups in total. The van der Waals surface area contributed by atoms with E-state index in [1.54, 1.807) is 0 Å². The lowest BCUT2D eigenvalue weighted by Gasteiger charge is -2.30. The Morgan fingerprint density at radius 3 is 1.61 bits per heavy atom. The molecule has 0 unspecified atom stereocenters. The van der Waals surface area contributed by atoms with E-state index in [2.05, 4.69) is 239 Å². The van der Waals surface area contributed by atoms with Gasteiger partial charge in [-0.1, -0.05) is 153 Å². The van der Waals surface area contributed by atoms with Crippen molar-refractivity contribution in [2.45, 2.75) is 97.8 Å². The molecule has 0 amide bonds. The van der Waals surface area contributed by atoms with Gasteiger partial charge in [0.25, 0.3) is 0 Å². The highest BCUT2D eigenvalue weighted by molar-refractivity contribution is 6.19. The molecular formula is C69H59NO2. The maximum Gasteiger partial charge on any atom is 0.143 e. The molecule has 0 saturated carbocycles. The van der Waals surface area contributed by atoms with E-state index in [9.17, 15) is 0 Å². The highest BCUT2D eigenvalue weighted by atomic mass is 16.3. The summed E-state index contributed by atoms with van der Waals surface area (Å²) >= 11 is 0. The maximum atomic E-state index is 6.88. The Labute approximate surface area is 422 Å². The van der Waals surface area contributed by atoms with Gasteiger partial charge in [0, 0.05) is 60.4 Å². The first kappa shape index (κ1) is 43.2. The van der Waals surface area contributed by atoms with Crippen molar-refractivity contribution in [3.05, 3.63) is 208 Å². The van der Waals surface area contributed by atoms with Crippen LogP contribution in [-0.4, -0.2) is 0 Å². The number of fused-ring (bicyclic) bond motifs is 17. The Hall–Kier alpha value is -7.62. The smallest absolute Gasteiger partial charge is 0.143 e. The van der Waals surface area contributed by atoms with Crippen molar-refractivity contribution in [1.29, 1.82) is 0 Å². The van der Waals surface area contributed by atoms with Crippen LogP contribution in [0.5, 0.6) is 0 Å². The van der Waals surface area contributed by atoms with Crippen molar-refractivity contribution < 1.29 is 8.83 Å². The van der Waals surface area contributed by atoms with Crippen LogP contribution >= 0.6 is 0 Å². The molecule has 3 nitrogen and oxygen atoms in total. The first-order valence-corrected chi connectivity index (χ1v) is 25.8. The van der Waals surface area contributed by atoms with Crippen LogP contribution in [0.2, 0.25) is 0 Å². The van der Waals surface area contributed by atoms with Crippen molar-refractivity contribution in [1.82, 2.24) is 0 Å². The second-order valence-electron chi connectivity index (χ2n) is 23.8. The van der Waals surface area contributed by atoms with E-state index in [1.807, 2.05) is 0 Å². The van der Waals surface area contributed by atoms with Gasteiger partial charge in [-0.05, 0) is 176 Å². The number of rotatable bonds is 4. The second-order valence-corrected chi connectivity index (χ2v) is 23.8. The minimum absolute atomic E-state index is 0.0283. The van der Waals surface area contributed by atoms with E-state index in [0.29, 0.717) is 0 Å². The van der Waals surface area contributed by atoms with Gasteiger partial charge in [0.05, 0.1) is 0 Å². The van der Waals surface area contributed by atoms with Crippen LogP contribution in [0.15, 0.2) is 167 Å². The lowest BCUT2D eigenvalue weighted by Crippen LogP contribution is -2.18. The summed E-state index contributed by atoms with van der Waals surface area (Å²) in [6.45, 7) is 25.7. The fourth-order valence-corrected chi connectivity index (χ4v) is 13.5. The molecular weight excluding hydrogens is 875 g/mol. The van der Waals surface area contributed by atoms with Crippen molar-refractivity contribution in [3.8, 4) is 44.5 Å². The highest BCUT2D eigenvalue weighted by Crippen LogP contribution is 2.60. The van der Waals surface area contributed by atoms with Crippen LogP contribution in [-0.2, 0) is 21.7 Å². The molecule has 352 valence electrons. The first-order valence-electron chi connectivity index (χ1n) is 25.8. The van der Waals surface area contributed by atoms with E-state index >= 15 is 0 Å². The monoisotopic (exact) mass is 933 g/mol. The van der Waals surface area contributed by atoms with Crippen LogP contribution < -0.4 is 4.90 Å². The molecule has 0 atom stereocenters. The molecule has 0 bridgehead atoms. The average Bonchev–Trinajstić information content (AvgIpc) is 4.10. The zero-order chi connectivity index (χ0) is 49.5. The van der Waals surface area contributed by atoms with Gasteiger partial charge < -0.3 is 13.7 Å². The predicted octanol–water partition coefficient (Wildman–Crippen LogP) is 19.5. The predicted molar refractivity (Wildman–Crippen MR) is 302 cm³/mol. The molecule has 14 rings (SSSR count). The molecule has 3 aliphatic carbocycles. The van der Waals surface area contributed by atoms with Gasteiger partial charge in [-0.2, -0.15) is 0 Å². The fourth-order valence-electron chi connectivity index (χ4n) is 13.5. The molecule has 0 spiro atoms. The van der Waals surface area contributed by atoms with E-state index in [4.69, 9.17) is 8.83 Å². The lowest BCUT2D eigenvalue weighted by molar-refractivity contribution is 0.590. The van der Waals surface area contributed by atoms with Crippen molar-refractivity contribution >= 4 is 60.9 Å². The molecule has 0 aliphatic heterocycles. The Morgan fingerprint density at radius 2 is 0.917 bits per heavy atom. The van der Waals surface area contributed by atoms with Gasteiger partial charge in [0.1, 0.15) is 22.3 Å². The zero-order valence-corrected chi connectivity index (χ0v) is 43.3. The van der Waals surface area contributed by atoms with Crippen LogP contribution in [0.25, 0.3) is 88.4 Å². The quantitative estimate of drug-likeness (QED) is 0.176. The summed E-state index contributed by atoms with van der Waals surface area (Å²) in [6.07, 6.45) is 0. The van der Waals surface area contributed by atoms with Gasteiger partial charge in [-0.25, -0.2) is 0 Å². The third kappa shape index (κ3) is 5.74. The standard InChI is InChI=1S/C69H59NO2/c1-38-20-27-44(39(2)32-38)50-36-57-61(64-48-17-13-15-19-59(48)72-65(50)64)46-29-26-43(34-54(46)69(57,10)11)70(41-23-21-40(22-24-41)66(3,4)5)42-25-28-45-49-35-56-51(37-55(49)68(8,9)53(45)33-42)62-52(67(56,6)7)30-31-60-63(62)47-16-12-14-18-58(47)71-60/h12-37H,1-11H3. The summed E-state index contributed by atoms with van der Waals surface area (Å²) in [5.74, 6) is 0. The molecule has 3 heteroatoms. The Morgan fingerprint density at radius 1 is 0.389 bits per heavy atom. The molecule has 2 heterocycles. The number of anilines is 3. The van der Waals surface area contributed by atoms with Gasteiger partial charge >= 0.3 is 0 Å². The van der Waals surface area contributed by atoms with Crippen molar-refractivity contribution in [3.63, 3.8) is 0 Å². The minimum atomic E-state index is -0.301. The van der Waals surface area contributed by atoms with E-state index in [0.717, 1.165) is 50.3 Å². The number of hydrogen-bond donors (Lipinski definition) is 0. The molecule has 3 aliphatic rings. The second kappa shape index (κ2) is 14.3. The number of benzene rings is 9. The number of aryl methyl sites for hydroxylation is 2. The molecule has 9 aromatic carbocycles. The lowest BCUT2D eigenvalue weighted by atomic mass is 9.79.